The van der Waals surface area contributed by atoms with Crippen molar-refractivity contribution >= 4 is 6.09 Å². The fraction of sp³-hybridized carbons (Fsp3) is 0.909. The second-order valence-electron chi connectivity index (χ2n) is 4.59. The quantitative estimate of drug-likeness (QED) is 0.748. The number of carbonyl (C=O) groups is 1. The molecule has 0 spiro atoms. The predicted octanol–water partition coefficient (Wildman–Crippen LogP) is 1.22. The molecule has 2 rings (SSSR count). The Kier molecular flexibility index (Phi) is 3.46. The van der Waals surface area contributed by atoms with E-state index in [1.807, 2.05) is 4.90 Å². The summed E-state index contributed by atoms with van der Waals surface area (Å²) < 4.78 is 5.03. The smallest absolute Gasteiger partial charge is 0.409 e. The van der Waals surface area contributed by atoms with Crippen LogP contribution in [0.2, 0.25) is 0 Å². The van der Waals surface area contributed by atoms with Gasteiger partial charge < -0.3 is 15.0 Å². The molecule has 0 radical (unpaired) electrons. The summed E-state index contributed by atoms with van der Waals surface area (Å²) >= 11 is 0. The van der Waals surface area contributed by atoms with E-state index in [2.05, 4.69) is 12.2 Å². The van der Waals surface area contributed by atoms with Crippen LogP contribution < -0.4 is 5.32 Å². The van der Waals surface area contributed by atoms with E-state index in [9.17, 15) is 4.79 Å². The van der Waals surface area contributed by atoms with Crippen LogP contribution in [0.3, 0.4) is 0 Å². The number of ether oxygens (including phenoxy) is 1. The standard InChI is InChI=1S/C11H20N2O2/c1-9-4-2-5-12-10(9)8-13-6-3-7-15-11(13)14/h9-10,12H,2-8H2,1H3. The van der Waals surface area contributed by atoms with Crippen LogP contribution in [0.15, 0.2) is 0 Å². The highest BCUT2D eigenvalue weighted by Crippen LogP contribution is 2.17. The highest BCUT2D eigenvalue weighted by Gasteiger charge is 2.27. The van der Waals surface area contributed by atoms with Crippen molar-refractivity contribution in [3.8, 4) is 0 Å². The summed E-state index contributed by atoms with van der Waals surface area (Å²) in [5, 5.41) is 3.49. The molecule has 0 aliphatic carbocycles. The first kappa shape index (κ1) is 10.7. The molecule has 2 fully saturated rings. The lowest BCUT2D eigenvalue weighted by Crippen LogP contribution is -2.51. The van der Waals surface area contributed by atoms with E-state index in [-0.39, 0.29) is 6.09 Å². The Balaban J connectivity index is 1.86. The third kappa shape index (κ3) is 2.62. The summed E-state index contributed by atoms with van der Waals surface area (Å²) in [4.78, 5) is 13.3. The first-order valence-corrected chi connectivity index (χ1v) is 5.92. The fourth-order valence-corrected chi connectivity index (χ4v) is 2.36. The number of nitrogens with one attached hydrogen (secondary N) is 1. The van der Waals surface area contributed by atoms with Gasteiger partial charge in [0.05, 0.1) is 6.61 Å². The molecular formula is C11H20N2O2. The van der Waals surface area contributed by atoms with Gasteiger partial charge in [0, 0.05) is 19.1 Å². The summed E-state index contributed by atoms with van der Waals surface area (Å²) in [6.45, 7) is 5.58. The van der Waals surface area contributed by atoms with Crippen molar-refractivity contribution in [1.82, 2.24) is 10.2 Å². The number of rotatable bonds is 2. The highest BCUT2D eigenvalue weighted by molar-refractivity contribution is 5.68. The van der Waals surface area contributed by atoms with Gasteiger partial charge in [0.15, 0.2) is 0 Å². The molecule has 0 saturated carbocycles. The van der Waals surface area contributed by atoms with Crippen LogP contribution in [-0.4, -0.2) is 43.3 Å². The molecule has 0 aromatic rings. The summed E-state index contributed by atoms with van der Waals surface area (Å²) in [5.41, 5.74) is 0. The Morgan fingerprint density at radius 1 is 1.53 bits per heavy atom. The Morgan fingerprint density at radius 3 is 3.13 bits per heavy atom. The number of piperidine rings is 1. The highest BCUT2D eigenvalue weighted by atomic mass is 16.6. The molecular weight excluding hydrogens is 192 g/mol. The van der Waals surface area contributed by atoms with Gasteiger partial charge in [0.2, 0.25) is 0 Å². The molecule has 2 saturated heterocycles. The number of hydrogen-bond acceptors (Lipinski definition) is 3. The van der Waals surface area contributed by atoms with E-state index < -0.39 is 0 Å². The zero-order valence-corrected chi connectivity index (χ0v) is 9.37. The predicted molar refractivity (Wildman–Crippen MR) is 57.7 cm³/mol. The molecule has 2 atom stereocenters. The van der Waals surface area contributed by atoms with Gasteiger partial charge in [-0.2, -0.15) is 0 Å². The normalized spacial score (nSPS) is 32.6. The molecule has 0 bridgehead atoms. The molecule has 15 heavy (non-hydrogen) atoms. The monoisotopic (exact) mass is 212 g/mol. The maximum absolute atomic E-state index is 11.5. The maximum Gasteiger partial charge on any atom is 0.409 e. The third-order valence-electron chi connectivity index (χ3n) is 3.40. The minimum absolute atomic E-state index is 0.138. The third-order valence-corrected chi connectivity index (χ3v) is 3.40. The average molecular weight is 212 g/mol. The Morgan fingerprint density at radius 2 is 2.40 bits per heavy atom. The Bertz CT molecular complexity index is 233. The first-order chi connectivity index (χ1) is 7.27. The number of hydrogen-bond donors (Lipinski definition) is 1. The molecule has 1 N–H and O–H groups in total. The molecule has 0 aromatic heterocycles. The number of amides is 1. The molecule has 0 aromatic carbocycles. The van der Waals surface area contributed by atoms with Gasteiger partial charge in [0.1, 0.15) is 0 Å². The largest absolute Gasteiger partial charge is 0.449 e. The van der Waals surface area contributed by atoms with Gasteiger partial charge in [0.25, 0.3) is 0 Å². The number of nitrogens with zero attached hydrogens (tertiary/aromatic N) is 1. The lowest BCUT2D eigenvalue weighted by atomic mass is 9.92. The SMILES string of the molecule is CC1CCCNC1CN1CCCOC1=O. The maximum atomic E-state index is 11.5. The van der Waals surface area contributed by atoms with Gasteiger partial charge in [-0.1, -0.05) is 6.92 Å². The first-order valence-electron chi connectivity index (χ1n) is 5.92. The second kappa shape index (κ2) is 4.84. The summed E-state index contributed by atoms with van der Waals surface area (Å²) in [5.74, 6) is 0.661. The number of carbonyl (C=O) groups excluding carboxylic acids is 1. The number of cyclic esters (lactones) is 1. The topological polar surface area (TPSA) is 41.6 Å². The van der Waals surface area contributed by atoms with Crippen molar-refractivity contribution in [2.24, 2.45) is 5.92 Å². The minimum atomic E-state index is -0.138. The van der Waals surface area contributed by atoms with Crippen LogP contribution in [0.1, 0.15) is 26.2 Å². The van der Waals surface area contributed by atoms with Crippen molar-refractivity contribution in [1.29, 1.82) is 0 Å². The lowest BCUT2D eigenvalue weighted by molar-refractivity contribution is 0.0640. The van der Waals surface area contributed by atoms with Crippen molar-refractivity contribution in [3.05, 3.63) is 0 Å². The van der Waals surface area contributed by atoms with E-state index in [0.717, 1.165) is 26.1 Å². The van der Waals surface area contributed by atoms with Crippen LogP contribution in [0.25, 0.3) is 0 Å². The molecule has 1 amide bonds. The van der Waals surface area contributed by atoms with Crippen LogP contribution in [0.5, 0.6) is 0 Å². The van der Waals surface area contributed by atoms with E-state index in [1.165, 1.54) is 12.8 Å². The van der Waals surface area contributed by atoms with Gasteiger partial charge in [-0.25, -0.2) is 4.79 Å². The molecule has 2 aliphatic heterocycles. The molecule has 4 heteroatoms. The molecule has 4 nitrogen and oxygen atoms in total. The van der Waals surface area contributed by atoms with Crippen LogP contribution in [0.4, 0.5) is 4.79 Å². The summed E-state index contributed by atoms with van der Waals surface area (Å²) in [6.07, 6.45) is 3.34. The summed E-state index contributed by atoms with van der Waals surface area (Å²) in [7, 11) is 0. The fourth-order valence-electron chi connectivity index (χ4n) is 2.36. The van der Waals surface area contributed by atoms with Crippen LogP contribution in [0, 0.1) is 5.92 Å². The average Bonchev–Trinajstić information content (AvgIpc) is 2.24. The Hall–Kier alpha value is -0.770. The molecule has 2 unspecified atom stereocenters. The van der Waals surface area contributed by atoms with Crippen molar-refractivity contribution in [3.63, 3.8) is 0 Å². The molecule has 2 heterocycles. The lowest BCUT2D eigenvalue weighted by Gasteiger charge is -2.35. The zero-order chi connectivity index (χ0) is 10.7. The zero-order valence-electron chi connectivity index (χ0n) is 9.37. The summed E-state index contributed by atoms with van der Waals surface area (Å²) in [6, 6.07) is 0.449. The molecule has 2 aliphatic rings. The molecule has 86 valence electrons. The van der Waals surface area contributed by atoms with Gasteiger partial charge >= 0.3 is 6.09 Å². The van der Waals surface area contributed by atoms with Crippen molar-refractivity contribution < 1.29 is 9.53 Å². The van der Waals surface area contributed by atoms with Crippen molar-refractivity contribution in [2.75, 3.05) is 26.2 Å². The van der Waals surface area contributed by atoms with Gasteiger partial charge in [-0.05, 0) is 31.7 Å². The van der Waals surface area contributed by atoms with Crippen LogP contribution in [-0.2, 0) is 4.74 Å². The second-order valence-corrected chi connectivity index (χ2v) is 4.59. The van der Waals surface area contributed by atoms with E-state index >= 15 is 0 Å². The van der Waals surface area contributed by atoms with Crippen molar-refractivity contribution in [2.45, 2.75) is 32.2 Å². The van der Waals surface area contributed by atoms with E-state index in [0.29, 0.717) is 18.6 Å². The van der Waals surface area contributed by atoms with Gasteiger partial charge in [-0.15, -0.1) is 0 Å². The Labute approximate surface area is 91.0 Å². The van der Waals surface area contributed by atoms with Gasteiger partial charge in [-0.3, -0.25) is 0 Å². The van der Waals surface area contributed by atoms with E-state index in [4.69, 9.17) is 4.74 Å². The van der Waals surface area contributed by atoms with E-state index in [1.54, 1.807) is 0 Å². The minimum Gasteiger partial charge on any atom is -0.449 e. The van der Waals surface area contributed by atoms with Crippen LogP contribution >= 0.6 is 0 Å².